The minimum Gasteiger partial charge on any atom is -0.399 e. The van der Waals surface area contributed by atoms with Crippen molar-refractivity contribution in [2.45, 2.75) is 6.92 Å². The number of benzene rings is 2. The molecule has 0 atom stereocenters. The number of nitro groups is 1. The fourth-order valence-electron chi connectivity index (χ4n) is 1.66. The Morgan fingerprint density at radius 2 is 1.85 bits per heavy atom. The van der Waals surface area contributed by atoms with Crippen LogP contribution in [-0.4, -0.2) is 10.6 Å². The summed E-state index contributed by atoms with van der Waals surface area (Å²) in [6.45, 7) is 1.81. The summed E-state index contributed by atoms with van der Waals surface area (Å²) in [7, 11) is 0. The molecule has 3 N–H and O–H groups in total. The average molecular weight is 270 g/mol. The minimum atomic E-state index is -0.448. The Morgan fingerprint density at radius 1 is 1.20 bits per heavy atom. The Labute approximate surface area is 116 Å². The lowest BCUT2D eigenvalue weighted by atomic mass is 10.1. The highest BCUT2D eigenvalue weighted by Gasteiger charge is 2.11. The Hall–Kier alpha value is -2.89. The van der Waals surface area contributed by atoms with Crippen LogP contribution < -0.4 is 11.2 Å². The largest absolute Gasteiger partial charge is 0.399 e. The minimum absolute atomic E-state index is 0.0126. The van der Waals surface area contributed by atoms with Gasteiger partial charge in [0.15, 0.2) is 0 Å². The van der Waals surface area contributed by atoms with Gasteiger partial charge in [0.05, 0.1) is 10.6 Å². The SMILES string of the molecule is CC(=NNc1ccccc1[N+](=O)[O-])c1ccc(N)cc1. The maximum Gasteiger partial charge on any atom is 0.294 e. The van der Waals surface area contributed by atoms with E-state index in [1.165, 1.54) is 6.07 Å². The highest BCUT2D eigenvalue weighted by atomic mass is 16.6. The van der Waals surface area contributed by atoms with Crippen LogP contribution in [0, 0.1) is 10.1 Å². The van der Waals surface area contributed by atoms with Crippen molar-refractivity contribution in [1.29, 1.82) is 0 Å². The Balaban J connectivity index is 2.21. The van der Waals surface area contributed by atoms with Gasteiger partial charge < -0.3 is 5.73 Å². The van der Waals surface area contributed by atoms with E-state index >= 15 is 0 Å². The van der Waals surface area contributed by atoms with Gasteiger partial charge in [-0.1, -0.05) is 24.3 Å². The van der Waals surface area contributed by atoms with E-state index in [9.17, 15) is 10.1 Å². The molecule has 0 aliphatic rings. The van der Waals surface area contributed by atoms with Crippen LogP contribution in [0.25, 0.3) is 0 Å². The zero-order valence-electron chi connectivity index (χ0n) is 10.9. The molecule has 0 saturated carbocycles. The number of nitro benzene ring substituents is 1. The van der Waals surface area contributed by atoms with Crippen LogP contribution in [0.1, 0.15) is 12.5 Å². The van der Waals surface area contributed by atoms with Crippen LogP contribution in [-0.2, 0) is 0 Å². The molecular formula is C14H14N4O2. The molecule has 0 aliphatic heterocycles. The second-order valence-electron chi connectivity index (χ2n) is 4.21. The van der Waals surface area contributed by atoms with Gasteiger partial charge in [0.25, 0.3) is 5.69 Å². The van der Waals surface area contributed by atoms with Gasteiger partial charge in [0.2, 0.25) is 0 Å². The smallest absolute Gasteiger partial charge is 0.294 e. The van der Waals surface area contributed by atoms with Gasteiger partial charge in [-0.25, -0.2) is 0 Å². The van der Waals surface area contributed by atoms with Crippen molar-refractivity contribution in [2.75, 3.05) is 11.2 Å². The summed E-state index contributed by atoms with van der Waals surface area (Å²) in [6.07, 6.45) is 0. The summed E-state index contributed by atoms with van der Waals surface area (Å²) in [6, 6.07) is 13.6. The van der Waals surface area contributed by atoms with E-state index in [2.05, 4.69) is 10.5 Å². The molecule has 2 aromatic carbocycles. The van der Waals surface area contributed by atoms with Crippen LogP contribution in [0.3, 0.4) is 0 Å². The molecule has 2 aromatic rings. The lowest BCUT2D eigenvalue weighted by molar-refractivity contribution is -0.384. The summed E-state index contributed by atoms with van der Waals surface area (Å²) in [4.78, 5) is 10.4. The summed E-state index contributed by atoms with van der Waals surface area (Å²) in [5.41, 5.74) is 11.0. The molecule has 0 radical (unpaired) electrons. The Bertz CT molecular complexity index is 650. The van der Waals surface area contributed by atoms with Gasteiger partial charge in [-0.15, -0.1) is 0 Å². The number of anilines is 2. The van der Waals surface area contributed by atoms with Crippen molar-refractivity contribution < 1.29 is 4.92 Å². The molecule has 0 saturated heterocycles. The molecule has 0 spiro atoms. The highest BCUT2D eigenvalue weighted by Crippen LogP contribution is 2.23. The first-order valence-corrected chi connectivity index (χ1v) is 5.97. The normalized spacial score (nSPS) is 11.2. The molecule has 2 rings (SSSR count). The fourth-order valence-corrected chi connectivity index (χ4v) is 1.66. The van der Waals surface area contributed by atoms with E-state index in [0.29, 0.717) is 17.1 Å². The van der Waals surface area contributed by atoms with Crippen molar-refractivity contribution in [3.05, 3.63) is 64.2 Å². The molecule has 0 aliphatic carbocycles. The summed E-state index contributed by atoms with van der Waals surface area (Å²) >= 11 is 0. The van der Waals surface area contributed by atoms with Crippen molar-refractivity contribution in [1.82, 2.24) is 0 Å². The first-order chi connectivity index (χ1) is 9.58. The molecule has 102 valence electrons. The third-order valence-electron chi connectivity index (χ3n) is 2.77. The van der Waals surface area contributed by atoms with Crippen LogP contribution in [0.5, 0.6) is 0 Å². The van der Waals surface area contributed by atoms with E-state index in [0.717, 1.165) is 5.56 Å². The standard InChI is InChI=1S/C14H14N4O2/c1-10(11-6-8-12(15)9-7-11)16-17-13-4-2-3-5-14(13)18(19)20/h2-9,17H,15H2,1H3. The number of hydrogen-bond donors (Lipinski definition) is 2. The molecule has 6 heteroatoms. The molecular weight excluding hydrogens is 256 g/mol. The van der Waals surface area contributed by atoms with Gasteiger partial charge in [0, 0.05) is 11.8 Å². The van der Waals surface area contributed by atoms with Crippen molar-refractivity contribution in [3.8, 4) is 0 Å². The number of rotatable bonds is 4. The molecule has 0 aromatic heterocycles. The first kappa shape index (κ1) is 13.5. The highest BCUT2D eigenvalue weighted by molar-refractivity contribution is 5.99. The van der Waals surface area contributed by atoms with E-state index in [1.807, 2.05) is 19.1 Å². The van der Waals surface area contributed by atoms with Crippen molar-refractivity contribution >= 4 is 22.8 Å². The molecule has 0 amide bonds. The third-order valence-corrected chi connectivity index (χ3v) is 2.77. The van der Waals surface area contributed by atoms with Gasteiger partial charge in [-0.2, -0.15) is 5.10 Å². The van der Waals surface area contributed by atoms with Gasteiger partial charge in [0.1, 0.15) is 5.69 Å². The predicted octanol–water partition coefficient (Wildman–Crippen LogP) is 3.01. The van der Waals surface area contributed by atoms with E-state index in [1.54, 1.807) is 30.3 Å². The zero-order valence-corrected chi connectivity index (χ0v) is 10.9. The summed E-state index contributed by atoms with van der Waals surface area (Å²) < 4.78 is 0. The quantitative estimate of drug-likeness (QED) is 0.386. The Kier molecular flexibility index (Phi) is 3.95. The number of nitrogen functional groups attached to an aromatic ring is 1. The van der Waals surface area contributed by atoms with Gasteiger partial charge >= 0.3 is 0 Å². The number of hydrogen-bond acceptors (Lipinski definition) is 5. The third kappa shape index (κ3) is 3.11. The molecule has 6 nitrogen and oxygen atoms in total. The Morgan fingerprint density at radius 3 is 2.50 bits per heavy atom. The van der Waals surface area contributed by atoms with Crippen LogP contribution in [0.15, 0.2) is 53.6 Å². The van der Waals surface area contributed by atoms with Gasteiger partial charge in [-0.05, 0) is 30.7 Å². The summed E-state index contributed by atoms with van der Waals surface area (Å²) in [5, 5.41) is 15.0. The van der Waals surface area contributed by atoms with Crippen LogP contribution in [0.2, 0.25) is 0 Å². The number of nitrogens with zero attached hydrogens (tertiary/aromatic N) is 2. The number of nitrogens with two attached hydrogens (primary N) is 1. The second kappa shape index (κ2) is 5.83. The number of para-hydroxylation sites is 2. The first-order valence-electron chi connectivity index (χ1n) is 5.97. The lowest BCUT2D eigenvalue weighted by Crippen LogP contribution is -2.01. The monoisotopic (exact) mass is 270 g/mol. The average Bonchev–Trinajstić information content (AvgIpc) is 2.45. The topological polar surface area (TPSA) is 93.5 Å². The van der Waals surface area contributed by atoms with E-state index in [-0.39, 0.29) is 5.69 Å². The predicted molar refractivity (Wildman–Crippen MR) is 79.8 cm³/mol. The lowest BCUT2D eigenvalue weighted by Gasteiger charge is -2.04. The van der Waals surface area contributed by atoms with Crippen LogP contribution >= 0.6 is 0 Å². The summed E-state index contributed by atoms with van der Waals surface area (Å²) in [5.74, 6) is 0. The zero-order chi connectivity index (χ0) is 14.5. The van der Waals surface area contributed by atoms with Crippen molar-refractivity contribution in [2.24, 2.45) is 5.10 Å². The van der Waals surface area contributed by atoms with Gasteiger partial charge in [-0.3, -0.25) is 15.5 Å². The van der Waals surface area contributed by atoms with Crippen LogP contribution in [0.4, 0.5) is 17.1 Å². The maximum atomic E-state index is 10.9. The van der Waals surface area contributed by atoms with Crippen molar-refractivity contribution in [3.63, 3.8) is 0 Å². The van der Waals surface area contributed by atoms with E-state index < -0.39 is 4.92 Å². The molecule has 0 fully saturated rings. The number of nitrogens with one attached hydrogen (secondary N) is 1. The molecule has 0 heterocycles. The molecule has 20 heavy (non-hydrogen) atoms. The number of hydrazone groups is 1. The maximum absolute atomic E-state index is 10.9. The second-order valence-corrected chi connectivity index (χ2v) is 4.21. The molecule has 0 bridgehead atoms. The van der Waals surface area contributed by atoms with E-state index in [4.69, 9.17) is 5.73 Å². The fraction of sp³-hybridized carbons (Fsp3) is 0.0714. The molecule has 0 unspecified atom stereocenters.